The van der Waals surface area contributed by atoms with E-state index < -0.39 is 6.04 Å². The molecule has 25 heavy (non-hydrogen) atoms. The van der Waals surface area contributed by atoms with Gasteiger partial charge >= 0.3 is 0 Å². The third-order valence-corrected chi connectivity index (χ3v) is 4.59. The van der Waals surface area contributed by atoms with Gasteiger partial charge in [0.2, 0.25) is 11.8 Å². The molecule has 1 unspecified atom stereocenters. The zero-order valence-electron chi connectivity index (χ0n) is 14.4. The number of hydrogen-bond acceptors (Lipinski definition) is 2. The van der Waals surface area contributed by atoms with E-state index in [0.717, 1.165) is 22.4 Å². The second-order valence-corrected chi connectivity index (χ2v) is 6.98. The number of aryl methyl sites for hydroxylation is 2. The first-order chi connectivity index (χ1) is 11.9. The summed E-state index contributed by atoms with van der Waals surface area (Å²) in [6.45, 7) is 4.65. The molecule has 0 aliphatic carbocycles. The maximum Gasteiger partial charge on any atom is 0.249 e. The van der Waals surface area contributed by atoms with Crippen molar-refractivity contribution in [3.63, 3.8) is 0 Å². The third kappa shape index (κ3) is 4.20. The number of amides is 2. The van der Waals surface area contributed by atoms with Crippen LogP contribution in [0.5, 0.6) is 0 Å². The zero-order valence-corrected chi connectivity index (χ0v) is 15.1. The van der Waals surface area contributed by atoms with E-state index in [2.05, 4.69) is 11.4 Å². The van der Waals surface area contributed by atoms with E-state index in [1.165, 1.54) is 0 Å². The van der Waals surface area contributed by atoms with Gasteiger partial charge in [0.1, 0.15) is 6.04 Å². The molecule has 4 nitrogen and oxygen atoms in total. The Labute approximate surface area is 152 Å². The van der Waals surface area contributed by atoms with Gasteiger partial charge in [0.15, 0.2) is 0 Å². The Bertz CT molecular complexity index is 782. The fourth-order valence-corrected chi connectivity index (χ4v) is 3.34. The molecule has 1 aliphatic rings. The van der Waals surface area contributed by atoms with Gasteiger partial charge in [0, 0.05) is 17.3 Å². The molecule has 1 N–H and O–H groups in total. The molecule has 3 rings (SSSR count). The maximum absolute atomic E-state index is 12.7. The van der Waals surface area contributed by atoms with Gasteiger partial charge in [-0.2, -0.15) is 0 Å². The topological polar surface area (TPSA) is 49.4 Å². The van der Waals surface area contributed by atoms with Crippen LogP contribution in [0.25, 0.3) is 0 Å². The largest absolute Gasteiger partial charge is 0.344 e. The van der Waals surface area contributed by atoms with Gasteiger partial charge in [0.05, 0.1) is 6.42 Å². The van der Waals surface area contributed by atoms with E-state index in [-0.39, 0.29) is 18.2 Å². The Morgan fingerprint density at radius 1 is 1.16 bits per heavy atom. The zero-order chi connectivity index (χ0) is 18.0. The minimum absolute atomic E-state index is 0.0468. The van der Waals surface area contributed by atoms with Crippen molar-refractivity contribution in [1.29, 1.82) is 0 Å². The summed E-state index contributed by atoms with van der Waals surface area (Å²) in [4.78, 5) is 26.6. The minimum Gasteiger partial charge on any atom is -0.344 e. The van der Waals surface area contributed by atoms with E-state index in [0.29, 0.717) is 18.0 Å². The Kier molecular flexibility index (Phi) is 5.09. The lowest BCUT2D eigenvalue weighted by Gasteiger charge is -2.18. The first kappa shape index (κ1) is 17.5. The molecule has 2 amide bonds. The van der Waals surface area contributed by atoms with Gasteiger partial charge in [-0.15, -0.1) is 0 Å². The van der Waals surface area contributed by atoms with Crippen LogP contribution in [0.3, 0.4) is 0 Å². The van der Waals surface area contributed by atoms with Crippen LogP contribution in [0.2, 0.25) is 5.02 Å². The Morgan fingerprint density at radius 2 is 1.80 bits per heavy atom. The minimum atomic E-state index is -0.458. The second-order valence-electron chi connectivity index (χ2n) is 6.55. The van der Waals surface area contributed by atoms with E-state index in [1.54, 1.807) is 17.0 Å². The summed E-state index contributed by atoms with van der Waals surface area (Å²) in [6, 6.07) is 12.8. The highest BCUT2D eigenvalue weighted by atomic mass is 35.5. The number of nitrogens with one attached hydrogen (secondary N) is 1. The molecular weight excluding hydrogens is 336 g/mol. The summed E-state index contributed by atoms with van der Waals surface area (Å²) in [6.07, 6.45) is 0.864. The lowest BCUT2D eigenvalue weighted by atomic mass is 10.1. The van der Waals surface area contributed by atoms with Crippen molar-refractivity contribution < 1.29 is 9.59 Å². The summed E-state index contributed by atoms with van der Waals surface area (Å²) in [5.74, 6) is -0.197. The number of carbonyl (C=O) groups is 2. The molecule has 0 spiro atoms. The first-order valence-electron chi connectivity index (χ1n) is 8.36. The Balaban J connectivity index is 1.63. The van der Waals surface area contributed by atoms with Crippen molar-refractivity contribution in [2.24, 2.45) is 0 Å². The van der Waals surface area contributed by atoms with E-state index in [4.69, 9.17) is 11.6 Å². The fraction of sp³-hybridized carbons (Fsp3) is 0.300. The van der Waals surface area contributed by atoms with Crippen molar-refractivity contribution in [2.75, 3.05) is 11.4 Å². The number of anilines is 1. The molecular formula is C20H21ClN2O2. The van der Waals surface area contributed by atoms with Crippen LogP contribution in [0, 0.1) is 13.8 Å². The summed E-state index contributed by atoms with van der Waals surface area (Å²) in [7, 11) is 0. The number of halogens is 1. The highest BCUT2D eigenvalue weighted by molar-refractivity contribution is 6.30. The van der Waals surface area contributed by atoms with Gasteiger partial charge in [-0.3, -0.25) is 9.59 Å². The van der Waals surface area contributed by atoms with Gasteiger partial charge in [-0.05, 0) is 61.2 Å². The van der Waals surface area contributed by atoms with Crippen LogP contribution in [0.1, 0.15) is 23.1 Å². The number of carbonyl (C=O) groups excluding carboxylic acids is 2. The molecule has 1 heterocycles. The molecule has 2 aromatic rings. The molecule has 1 atom stereocenters. The van der Waals surface area contributed by atoms with Crippen molar-refractivity contribution in [3.8, 4) is 0 Å². The van der Waals surface area contributed by atoms with Crippen molar-refractivity contribution >= 4 is 29.1 Å². The number of hydrogen-bond donors (Lipinski definition) is 1. The van der Waals surface area contributed by atoms with Gasteiger partial charge < -0.3 is 10.2 Å². The van der Waals surface area contributed by atoms with Crippen molar-refractivity contribution in [1.82, 2.24) is 5.32 Å². The maximum atomic E-state index is 12.7. The lowest BCUT2D eigenvalue weighted by Crippen LogP contribution is -2.42. The van der Waals surface area contributed by atoms with Crippen molar-refractivity contribution in [2.45, 2.75) is 32.7 Å². The molecule has 5 heteroatoms. The second kappa shape index (κ2) is 7.28. The lowest BCUT2D eigenvalue weighted by molar-refractivity contribution is -0.126. The predicted octanol–water partition coefficient (Wildman–Crippen LogP) is 3.42. The summed E-state index contributed by atoms with van der Waals surface area (Å²) >= 11 is 5.85. The molecule has 130 valence electrons. The predicted molar refractivity (Wildman–Crippen MR) is 100.0 cm³/mol. The normalized spacial score (nSPS) is 17.0. The van der Waals surface area contributed by atoms with Gasteiger partial charge in [-0.1, -0.05) is 29.8 Å². The molecule has 0 bridgehead atoms. The van der Waals surface area contributed by atoms with Crippen LogP contribution in [0.15, 0.2) is 42.5 Å². The Morgan fingerprint density at radius 3 is 2.44 bits per heavy atom. The molecule has 0 aromatic heterocycles. The van der Waals surface area contributed by atoms with Crippen LogP contribution < -0.4 is 10.2 Å². The van der Waals surface area contributed by atoms with Crippen LogP contribution in [-0.4, -0.2) is 24.4 Å². The average molecular weight is 357 g/mol. The smallest absolute Gasteiger partial charge is 0.249 e. The van der Waals surface area contributed by atoms with E-state index in [1.807, 2.05) is 38.1 Å². The summed E-state index contributed by atoms with van der Waals surface area (Å²) in [5, 5.41) is 3.50. The standard InChI is InChI=1S/C20H21ClN2O2/c1-13-9-14(2)11-17(10-13)23-8-7-18(20(23)25)22-19(24)12-15-3-5-16(21)6-4-15/h3-6,9-11,18H,7-8,12H2,1-2H3,(H,22,24). The van der Waals surface area contributed by atoms with Crippen molar-refractivity contribution in [3.05, 3.63) is 64.2 Å². The molecule has 1 fully saturated rings. The van der Waals surface area contributed by atoms with Crippen LogP contribution in [0.4, 0.5) is 5.69 Å². The average Bonchev–Trinajstić information content (AvgIpc) is 2.89. The first-order valence-corrected chi connectivity index (χ1v) is 8.73. The highest BCUT2D eigenvalue weighted by Gasteiger charge is 2.33. The number of rotatable bonds is 4. The number of nitrogens with zero attached hydrogens (tertiary/aromatic N) is 1. The Hall–Kier alpha value is -2.33. The molecule has 0 radical (unpaired) electrons. The van der Waals surface area contributed by atoms with E-state index in [9.17, 15) is 9.59 Å². The summed E-state index contributed by atoms with van der Waals surface area (Å²) in [5.41, 5.74) is 4.02. The monoisotopic (exact) mass is 356 g/mol. The molecule has 0 saturated carbocycles. The number of benzene rings is 2. The molecule has 1 saturated heterocycles. The third-order valence-electron chi connectivity index (χ3n) is 4.34. The van der Waals surface area contributed by atoms with Gasteiger partial charge in [-0.25, -0.2) is 0 Å². The molecule has 1 aliphatic heterocycles. The fourth-order valence-electron chi connectivity index (χ4n) is 3.21. The quantitative estimate of drug-likeness (QED) is 0.912. The SMILES string of the molecule is Cc1cc(C)cc(N2CCC(NC(=O)Cc3ccc(Cl)cc3)C2=O)c1. The highest BCUT2D eigenvalue weighted by Crippen LogP contribution is 2.24. The van der Waals surface area contributed by atoms with Gasteiger partial charge in [0.25, 0.3) is 0 Å². The van der Waals surface area contributed by atoms with Crippen LogP contribution >= 0.6 is 11.6 Å². The van der Waals surface area contributed by atoms with E-state index >= 15 is 0 Å². The summed E-state index contributed by atoms with van der Waals surface area (Å²) < 4.78 is 0. The molecule has 2 aromatic carbocycles. The van der Waals surface area contributed by atoms with Crippen LogP contribution in [-0.2, 0) is 16.0 Å².